The van der Waals surface area contributed by atoms with Crippen molar-refractivity contribution in [1.82, 2.24) is 0 Å². The summed E-state index contributed by atoms with van der Waals surface area (Å²) in [6.45, 7) is 13.3. The molecule has 0 bridgehead atoms. The van der Waals surface area contributed by atoms with E-state index in [1.54, 1.807) is 0 Å². The van der Waals surface area contributed by atoms with Crippen LogP contribution in [-0.2, 0) is 42.6 Å². The van der Waals surface area contributed by atoms with E-state index in [1.807, 2.05) is 6.92 Å². The Labute approximate surface area is 244 Å². The molecule has 0 aromatic rings. The van der Waals surface area contributed by atoms with Gasteiger partial charge in [-0.15, -0.1) is 0 Å². The highest BCUT2D eigenvalue weighted by molar-refractivity contribution is 4.49. The van der Waals surface area contributed by atoms with Crippen LogP contribution in [0.15, 0.2) is 0 Å². The van der Waals surface area contributed by atoms with E-state index in [-0.39, 0.29) is 0 Å². The number of ether oxygens (including phenoxy) is 9. The molecule has 1 atom stereocenters. The zero-order valence-electron chi connectivity index (χ0n) is 25.8. The molecule has 0 rings (SSSR count). The van der Waals surface area contributed by atoms with Crippen LogP contribution in [0.25, 0.3) is 0 Å². The molecule has 0 saturated heterocycles. The fourth-order valence-corrected chi connectivity index (χ4v) is 3.64. The first-order valence-electron chi connectivity index (χ1n) is 15.7. The van der Waals surface area contributed by atoms with Gasteiger partial charge in [-0.05, 0) is 19.8 Å². The van der Waals surface area contributed by atoms with E-state index >= 15 is 0 Å². The minimum Gasteiger partial charge on any atom is -0.379 e. The molecule has 0 aromatic carbocycles. The summed E-state index contributed by atoms with van der Waals surface area (Å²) in [6, 6.07) is 0. The van der Waals surface area contributed by atoms with Gasteiger partial charge in [0.2, 0.25) is 0 Å². The summed E-state index contributed by atoms with van der Waals surface area (Å²) in [5, 5.41) is 9.89. The Morgan fingerprint density at radius 3 is 1.02 bits per heavy atom. The number of hydrogen-bond donors (Lipinski definition) is 1. The lowest BCUT2D eigenvalue weighted by Gasteiger charge is -2.12. The topological polar surface area (TPSA) is 103 Å². The van der Waals surface area contributed by atoms with E-state index in [4.69, 9.17) is 42.6 Å². The van der Waals surface area contributed by atoms with Crippen LogP contribution in [0, 0.1) is 0 Å². The molecular weight excluding hydrogens is 520 g/mol. The van der Waals surface area contributed by atoms with Gasteiger partial charge in [0.1, 0.15) is 0 Å². The average Bonchev–Trinajstić information content (AvgIpc) is 2.96. The van der Waals surface area contributed by atoms with Gasteiger partial charge in [-0.2, -0.15) is 0 Å². The predicted octanol–water partition coefficient (Wildman–Crippen LogP) is 4.40. The van der Waals surface area contributed by atoms with Crippen LogP contribution in [-0.4, -0.2) is 124 Å². The quantitative estimate of drug-likeness (QED) is 0.0845. The third-order valence-corrected chi connectivity index (χ3v) is 5.90. The summed E-state index contributed by atoms with van der Waals surface area (Å²) < 4.78 is 48.7. The molecule has 0 heterocycles. The minimum atomic E-state index is -0.690. The summed E-state index contributed by atoms with van der Waals surface area (Å²) in [5.41, 5.74) is 0. The second-order valence-electron chi connectivity index (χ2n) is 9.43. The van der Waals surface area contributed by atoms with Gasteiger partial charge in [0.15, 0.2) is 6.29 Å². The molecule has 0 aromatic heterocycles. The Kier molecular flexibility index (Phi) is 36.3. The first kappa shape index (κ1) is 39.6. The average molecular weight is 583 g/mol. The highest BCUT2D eigenvalue weighted by Crippen LogP contribution is 2.11. The van der Waals surface area contributed by atoms with E-state index in [2.05, 4.69) is 6.92 Å². The second-order valence-corrected chi connectivity index (χ2v) is 9.43. The molecule has 0 aliphatic heterocycles. The molecule has 0 fully saturated rings. The van der Waals surface area contributed by atoms with Gasteiger partial charge in [-0.1, -0.05) is 58.3 Å². The minimum absolute atomic E-state index is 0.395. The third kappa shape index (κ3) is 35.6. The Balaban J connectivity index is 3.10. The van der Waals surface area contributed by atoms with Crippen molar-refractivity contribution in [3.63, 3.8) is 0 Å². The first-order chi connectivity index (χ1) is 19.8. The van der Waals surface area contributed by atoms with Gasteiger partial charge in [0.25, 0.3) is 0 Å². The first-order valence-corrected chi connectivity index (χ1v) is 15.7. The lowest BCUT2D eigenvalue weighted by Crippen LogP contribution is -2.17. The van der Waals surface area contributed by atoms with E-state index in [0.29, 0.717) is 119 Å². The van der Waals surface area contributed by atoms with Crippen molar-refractivity contribution in [2.75, 3.05) is 112 Å². The van der Waals surface area contributed by atoms with E-state index in [1.165, 1.54) is 44.9 Å². The Morgan fingerprint density at radius 1 is 0.375 bits per heavy atom. The third-order valence-electron chi connectivity index (χ3n) is 5.90. The van der Waals surface area contributed by atoms with Gasteiger partial charge in [-0.3, -0.25) is 0 Å². The van der Waals surface area contributed by atoms with Crippen molar-refractivity contribution in [1.29, 1.82) is 0 Å². The Bertz CT molecular complexity index is 445. The van der Waals surface area contributed by atoms with E-state index < -0.39 is 6.29 Å². The van der Waals surface area contributed by atoms with Crippen LogP contribution in [0.1, 0.15) is 78.1 Å². The Morgan fingerprint density at radius 2 is 0.675 bits per heavy atom. The molecule has 10 heteroatoms. The number of aliphatic hydroxyl groups is 1. The van der Waals surface area contributed by atoms with Gasteiger partial charge in [0.05, 0.1) is 106 Å². The van der Waals surface area contributed by atoms with Crippen LogP contribution >= 0.6 is 0 Å². The monoisotopic (exact) mass is 582 g/mol. The van der Waals surface area contributed by atoms with Gasteiger partial charge in [-0.25, -0.2) is 0 Å². The maximum absolute atomic E-state index is 9.89. The van der Waals surface area contributed by atoms with Crippen LogP contribution in [0.3, 0.4) is 0 Å². The van der Waals surface area contributed by atoms with Gasteiger partial charge in [0, 0.05) is 6.61 Å². The van der Waals surface area contributed by atoms with Gasteiger partial charge >= 0.3 is 0 Å². The second kappa shape index (κ2) is 36.6. The van der Waals surface area contributed by atoms with Gasteiger partial charge < -0.3 is 47.7 Å². The lowest BCUT2D eigenvalue weighted by molar-refractivity contribution is -0.118. The van der Waals surface area contributed by atoms with Crippen LogP contribution in [0.4, 0.5) is 0 Å². The summed E-state index contributed by atoms with van der Waals surface area (Å²) in [6.07, 6.45) is 11.5. The highest BCUT2D eigenvalue weighted by Gasteiger charge is 2.04. The fraction of sp³-hybridized carbons (Fsp3) is 1.00. The standard InChI is InChI=1S/C30H62O10/c1-3-5-6-7-8-9-10-11-12-13-30(31)40-29-28-39-27-26-38-25-24-37-23-22-36-21-20-35-19-18-34-17-16-33-15-14-32-4-2/h30-31H,3-29H2,1-2H3. The summed E-state index contributed by atoms with van der Waals surface area (Å²) in [4.78, 5) is 0. The molecule has 10 nitrogen and oxygen atoms in total. The smallest absolute Gasteiger partial charge is 0.154 e. The van der Waals surface area contributed by atoms with Crippen molar-refractivity contribution in [3.8, 4) is 0 Å². The van der Waals surface area contributed by atoms with Crippen LogP contribution in [0.2, 0.25) is 0 Å². The fourth-order valence-electron chi connectivity index (χ4n) is 3.64. The van der Waals surface area contributed by atoms with Crippen molar-refractivity contribution >= 4 is 0 Å². The van der Waals surface area contributed by atoms with E-state index in [0.717, 1.165) is 12.8 Å². The molecule has 0 spiro atoms. The molecule has 242 valence electrons. The number of hydrogen-bond acceptors (Lipinski definition) is 10. The maximum atomic E-state index is 9.89. The molecule has 0 radical (unpaired) electrons. The molecule has 0 aliphatic rings. The van der Waals surface area contributed by atoms with E-state index in [9.17, 15) is 5.11 Å². The number of unbranched alkanes of at least 4 members (excludes halogenated alkanes) is 8. The largest absolute Gasteiger partial charge is 0.379 e. The summed E-state index contributed by atoms with van der Waals surface area (Å²) in [7, 11) is 0. The summed E-state index contributed by atoms with van der Waals surface area (Å²) >= 11 is 0. The highest BCUT2D eigenvalue weighted by atomic mass is 16.6. The SMILES string of the molecule is CCCCCCCCCCCC(O)OCCOCCOCCOCCOCCOCCOCCOCCOCC. The molecule has 40 heavy (non-hydrogen) atoms. The molecule has 1 N–H and O–H groups in total. The molecule has 0 saturated carbocycles. The maximum Gasteiger partial charge on any atom is 0.154 e. The number of rotatable bonds is 36. The predicted molar refractivity (Wildman–Crippen MR) is 156 cm³/mol. The molecular formula is C30H62O10. The molecule has 1 unspecified atom stereocenters. The normalized spacial score (nSPS) is 12.4. The zero-order valence-corrected chi connectivity index (χ0v) is 25.8. The zero-order chi connectivity index (χ0) is 29.0. The van der Waals surface area contributed by atoms with Crippen molar-refractivity contribution in [2.45, 2.75) is 84.3 Å². The molecule has 0 aliphatic carbocycles. The number of aliphatic hydroxyl groups excluding tert-OH is 1. The van der Waals surface area contributed by atoms with Crippen molar-refractivity contribution in [3.05, 3.63) is 0 Å². The van der Waals surface area contributed by atoms with Crippen molar-refractivity contribution in [2.24, 2.45) is 0 Å². The lowest BCUT2D eigenvalue weighted by atomic mass is 10.1. The van der Waals surface area contributed by atoms with Crippen molar-refractivity contribution < 1.29 is 47.7 Å². The van der Waals surface area contributed by atoms with Crippen LogP contribution in [0.5, 0.6) is 0 Å². The summed E-state index contributed by atoms with van der Waals surface area (Å²) in [5.74, 6) is 0. The Hall–Kier alpha value is -0.400. The molecule has 0 amide bonds. The van der Waals surface area contributed by atoms with Crippen LogP contribution < -0.4 is 0 Å².